The zero-order valence-electron chi connectivity index (χ0n) is 10.0. The predicted molar refractivity (Wildman–Crippen MR) is 59.8 cm³/mol. The van der Waals surface area contributed by atoms with Crippen LogP contribution in [0.5, 0.6) is 0 Å². The van der Waals surface area contributed by atoms with E-state index in [-0.39, 0.29) is 23.3 Å². The Bertz CT molecular complexity index is 253. The fourth-order valence-electron chi connectivity index (χ4n) is 1.26. The average Bonchev–Trinajstić information content (AvgIpc) is 2.11. The van der Waals surface area contributed by atoms with Gasteiger partial charge in [-0.05, 0) is 32.7 Å². The van der Waals surface area contributed by atoms with Crippen molar-refractivity contribution in [2.45, 2.75) is 40.2 Å². The van der Waals surface area contributed by atoms with Crippen molar-refractivity contribution in [1.82, 2.24) is 5.32 Å². The quantitative estimate of drug-likeness (QED) is 0.688. The van der Waals surface area contributed by atoms with Crippen molar-refractivity contribution in [2.24, 2.45) is 17.1 Å². The molecule has 0 aromatic rings. The highest BCUT2D eigenvalue weighted by Crippen LogP contribution is 2.17. The third-order valence-electron chi connectivity index (χ3n) is 2.39. The van der Waals surface area contributed by atoms with Crippen molar-refractivity contribution in [3.63, 3.8) is 0 Å². The van der Waals surface area contributed by atoms with Crippen LogP contribution in [0.2, 0.25) is 0 Å². The molecule has 1 atom stereocenters. The van der Waals surface area contributed by atoms with Crippen LogP contribution < -0.4 is 11.1 Å². The number of carbonyl (C=O) groups is 1. The third-order valence-corrected chi connectivity index (χ3v) is 2.39. The Labute approximate surface area is 91.8 Å². The lowest BCUT2D eigenvalue weighted by Gasteiger charge is -2.21. The van der Waals surface area contributed by atoms with Crippen LogP contribution in [-0.2, 0) is 4.79 Å². The Morgan fingerprint density at radius 1 is 1.53 bits per heavy atom. The Morgan fingerprint density at radius 2 is 2.07 bits per heavy atom. The zero-order chi connectivity index (χ0) is 12.1. The van der Waals surface area contributed by atoms with Crippen LogP contribution in [0.4, 0.5) is 0 Å². The molecule has 1 amide bonds. The Kier molecular flexibility index (Phi) is 5.31. The summed E-state index contributed by atoms with van der Waals surface area (Å²) in [5, 5.41) is 11.9. The maximum atomic E-state index is 11.1. The van der Waals surface area contributed by atoms with Crippen molar-refractivity contribution in [3.8, 4) is 6.07 Å². The van der Waals surface area contributed by atoms with Gasteiger partial charge in [-0.1, -0.05) is 13.8 Å². The fraction of sp³-hybridized carbons (Fsp3) is 0.818. The molecule has 0 fully saturated rings. The molecule has 0 saturated carbocycles. The van der Waals surface area contributed by atoms with E-state index in [9.17, 15) is 4.79 Å². The highest BCUT2D eigenvalue weighted by molar-refractivity contribution is 5.80. The fourth-order valence-corrected chi connectivity index (χ4v) is 1.26. The number of primary amides is 1. The molecule has 0 aliphatic carbocycles. The maximum absolute atomic E-state index is 11.1. The third kappa shape index (κ3) is 5.38. The number of hydrogen-bond donors (Lipinski definition) is 2. The van der Waals surface area contributed by atoms with Gasteiger partial charge in [-0.25, -0.2) is 0 Å². The topological polar surface area (TPSA) is 78.9 Å². The van der Waals surface area contributed by atoms with Gasteiger partial charge in [0.1, 0.15) is 0 Å². The monoisotopic (exact) mass is 211 g/mol. The molecule has 0 saturated heterocycles. The normalized spacial score (nSPS) is 13.6. The molecular formula is C11H21N3O. The summed E-state index contributed by atoms with van der Waals surface area (Å²) < 4.78 is 0. The number of rotatable bonds is 6. The number of nitrogens with one attached hydrogen (secondary N) is 1. The largest absolute Gasteiger partial charge is 0.368 e. The second-order valence-corrected chi connectivity index (χ2v) is 4.82. The van der Waals surface area contributed by atoms with Gasteiger partial charge in [0.15, 0.2) is 0 Å². The molecule has 4 heteroatoms. The molecule has 0 aromatic heterocycles. The van der Waals surface area contributed by atoms with Crippen molar-refractivity contribution >= 4 is 5.91 Å². The van der Waals surface area contributed by atoms with Crippen LogP contribution in [0, 0.1) is 22.7 Å². The summed E-state index contributed by atoms with van der Waals surface area (Å²) in [7, 11) is 0. The van der Waals surface area contributed by atoms with Crippen LogP contribution in [0.25, 0.3) is 0 Å². The molecule has 0 rings (SSSR count). The van der Waals surface area contributed by atoms with E-state index in [0.717, 1.165) is 0 Å². The Hall–Kier alpha value is -1.08. The van der Waals surface area contributed by atoms with E-state index in [1.807, 2.05) is 27.7 Å². The number of hydrogen-bond acceptors (Lipinski definition) is 3. The standard InChI is InChI=1S/C11H21N3O/c1-8(2)9(10(13)15)14-6-5-11(3,4)7-12/h8-9,14H,5-6H2,1-4H3,(H2,13,15). The van der Waals surface area contributed by atoms with Crippen LogP contribution >= 0.6 is 0 Å². The molecule has 0 radical (unpaired) electrons. The smallest absolute Gasteiger partial charge is 0.234 e. The molecule has 0 bridgehead atoms. The van der Waals surface area contributed by atoms with Gasteiger partial charge in [-0.2, -0.15) is 5.26 Å². The molecule has 0 aliphatic rings. The lowest BCUT2D eigenvalue weighted by Crippen LogP contribution is -2.45. The van der Waals surface area contributed by atoms with Gasteiger partial charge >= 0.3 is 0 Å². The molecule has 0 aromatic carbocycles. The molecule has 0 spiro atoms. The summed E-state index contributed by atoms with van der Waals surface area (Å²) in [5.74, 6) is -0.160. The molecule has 3 N–H and O–H groups in total. The van der Waals surface area contributed by atoms with Crippen molar-refractivity contribution in [2.75, 3.05) is 6.54 Å². The lowest BCUT2D eigenvalue weighted by atomic mass is 9.91. The summed E-state index contributed by atoms with van der Waals surface area (Å²) in [4.78, 5) is 11.1. The number of nitrogens with two attached hydrogens (primary N) is 1. The number of nitrogens with zero attached hydrogens (tertiary/aromatic N) is 1. The summed E-state index contributed by atoms with van der Waals surface area (Å²) in [6, 6.07) is 1.91. The number of nitriles is 1. The van der Waals surface area contributed by atoms with E-state index >= 15 is 0 Å². The summed E-state index contributed by atoms with van der Waals surface area (Å²) in [6.45, 7) is 8.27. The van der Waals surface area contributed by atoms with E-state index in [4.69, 9.17) is 11.0 Å². The molecule has 86 valence electrons. The summed E-state index contributed by atoms with van der Waals surface area (Å²) >= 11 is 0. The first kappa shape index (κ1) is 13.9. The minimum absolute atomic E-state index is 0.174. The molecule has 0 aliphatic heterocycles. The molecule has 1 unspecified atom stereocenters. The SMILES string of the molecule is CC(C)C(NCCC(C)(C)C#N)C(N)=O. The van der Waals surface area contributed by atoms with E-state index in [1.165, 1.54) is 0 Å². The number of carbonyl (C=O) groups excluding carboxylic acids is 1. The Balaban J connectivity index is 4.04. The molecule has 15 heavy (non-hydrogen) atoms. The van der Waals surface area contributed by atoms with Gasteiger partial charge in [-0.15, -0.1) is 0 Å². The van der Waals surface area contributed by atoms with Crippen molar-refractivity contribution in [3.05, 3.63) is 0 Å². The van der Waals surface area contributed by atoms with Gasteiger partial charge in [-0.3, -0.25) is 4.79 Å². The van der Waals surface area contributed by atoms with Crippen LogP contribution in [-0.4, -0.2) is 18.5 Å². The summed E-state index contributed by atoms with van der Waals surface area (Å²) in [6.07, 6.45) is 0.708. The van der Waals surface area contributed by atoms with Crippen molar-refractivity contribution in [1.29, 1.82) is 5.26 Å². The molecule has 4 nitrogen and oxygen atoms in total. The second-order valence-electron chi connectivity index (χ2n) is 4.82. The van der Waals surface area contributed by atoms with Crippen LogP contribution in [0.3, 0.4) is 0 Å². The second kappa shape index (κ2) is 5.72. The van der Waals surface area contributed by atoms with Gasteiger partial charge in [0.05, 0.1) is 17.5 Å². The maximum Gasteiger partial charge on any atom is 0.234 e. The van der Waals surface area contributed by atoms with E-state index in [1.54, 1.807) is 0 Å². The number of amides is 1. The average molecular weight is 211 g/mol. The van der Waals surface area contributed by atoms with Crippen LogP contribution in [0.1, 0.15) is 34.1 Å². The predicted octanol–water partition coefficient (Wildman–Crippen LogP) is 1.03. The Morgan fingerprint density at radius 3 is 2.40 bits per heavy atom. The molecular weight excluding hydrogens is 190 g/mol. The molecule has 0 heterocycles. The highest BCUT2D eigenvalue weighted by atomic mass is 16.1. The van der Waals surface area contributed by atoms with E-state index in [0.29, 0.717) is 13.0 Å². The highest BCUT2D eigenvalue weighted by Gasteiger charge is 2.21. The first-order valence-corrected chi connectivity index (χ1v) is 5.24. The van der Waals surface area contributed by atoms with Crippen molar-refractivity contribution < 1.29 is 4.79 Å². The van der Waals surface area contributed by atoms with E-state index in [2.05, 4.69) is 11.4 Å². The van der Waals surface area contributed by atoms with Gasteiger partial charge in [0.25, 0.3) is 0 Å². The van der Waals surface area contributed by atoms with Gasteiger partial charge in [0.2, 0.25) is 5.91 Å². The first-order valence-electron chi connectivity index (χ1n) is 5.24. The van der Waals surface area contributed by atoms with Gasteiger partial charge < -0.3 is 11.1 Å². The minimum atomic E-state index is -0.355. The zero-order valence-corrected chi connectivity index (χ0v) is 10.0. The minimum Gasteiger partial charge on any atom is -0.368 e. The van der Waals surface area contributed by atoms with Gasteiger partial charge in [0, 0.05) is 0 Å². The van der Waals surface area contributed by atoms with E-state index < -0.39 is 0 Å². The lowest BCUT2D eigenvalue weighted by molar-refractivity contribution is -0.121. The summed E-state index contributed by atoms with van der Waals surface area (Å²) in [5.41, 5.74) is 4.90. The first-order chi connectivity index (χ1) is 6.80. The van der Waals surface area contributed by atoms with Crippen LogP contribution in [0.15, 0.2) is 0 Å².